The fourth-order valence-corrected chi connectivity index (χ4v) is 5.09. The van der Waals surface area contributed by atoms with E-state index in [-0.39, 0.29) is 42.7 Å². The third kappa shape index (κ3) is 6.72. The molecule has 0 aromatic heterocycles. The topological polar surface area (TPSA) is 49.9 Å². The van der Waals surface area contributed by atoms with E-state index in [1.54, 1.807) is 6.92 Å². The van der Waals surface area contributed by atoms with Gasteiger partial charge in [0, 0.05) is 12.6 Å². The molecular weight excluding hydrogens is 571 g/mol. The van der Waals surface area contributed by atoms with Gasteiger partial charge in [-0.25, -0.2) is 4.79 Å². The number of carbonyl (C=O) groups is 2. The fraction of sp³-hybridized carbons (Fsp3) is 0.481. The van der Waals surface area contributed by atoms with Gasteiger partial charge in [-0.1, -0.05) is 6.92 Å². The number of fused-ring (bicyclic) bond motifs is 1. The average Bonchev–Trinajstić information content (AvgIpc) is 3.73. The van der Waals surface area contributed by atoms with Crippen LogP contribution in [0.4, 0.5) is 50.0 Å². The predicted octanol–water partition coefficient (Wildman–Crippen LogP) is 7.98. The second-order valence-electron chi connectivity index (χ2n) is 10.1. The van der Waals surface area contributed by atoms with Gasteiger partial charge in [0.25, 0.3) is 0 Å². The van der Waals surface area contributed by atoms with Gasteiger partial charge in [0.1, 0.15) is 0 Å². The minimum atomic E-state index is -5.13. The van der Waals surface area contributed by atoms with Gasteiger partial charge < -0.3 is 9.64 Å². The van der Waals surface area contributed by atoms with Crippen LogP contribution in [0.5, 0.6) is 0 Å². The largest absolute Gasteiger partial charge is 0.449 e. The van der Waals surface area contributed by atoms with Crippen LogP contribution in [0.3, 0.4) is 0 Å². The van der Waals surface area contributed by atoms with Crippen molar-refractivity contribution in [3.63, 3.8) is 0 Å². The van der Waals surface area contributed by atoms with E-state index in [0.29, 0.717) is 31.4 Å². The lowest BCUT2D eigenvalue weighted by atomic mass is 9.86. The minimum absolute atomic E-state index is 0.0270. The van der Waals surface area contributed by atoms with Crippen molar-refractivity contribution in [1.29, 1.82) is 0 Å². The molecule has 0 radical (unpaired) electrons. The van der Waals surface area contributed by atoms with Crippen molar-refractivity contribution in [2.75, 3.05) is 11.5 Å². The highest BCUT2D eigenvalue weighted by Crippen LogP contribution is 2.49. The molecule has 5 nitrogen and oxygen atoms in total. The highest BCUT2D eigenvalue weighted by atomic mass is 19.4. The molecule has 2 aromatic rings. The first-order chi connectivity index (χ1) is 19.0. The van der Waals surface area contributed by atoms with Crippen LogP contribution in [0.2, 0.25) is 0 Å². The van der Waals surface area contributed by atoms with Crippen LogP contribution in [-0.4, -0.2) is 30.1 Å². The van der Waals surface area contributed by atoms with Gasteiger partial charge >= 0.3 is 24.6 Å². The molecule has 0 N–H and O–H groups in total. The minimum Gasteiger partial charge on any atom is -0.449 e. The summed E-state index contributed by atoms with van der Waals surface area (Å²) in [5.41, 5.74) is -4.88. The smallest absolute Gasteiger partial charge is 0.416 e. The fourth-order valence-electron chi connectivity index (χ4n) is 5.09. The maximum atomic E-state index is 13.7. The third-order valence-corrected chi connectivity index (χ3v) is 7.11. The Hall–Kier alpha value is -3.45. The normalized spacial score (nSPS) is 19.5. The number of nitrogens with zero attached hydrogens (tertiary/aromatic N) is 2. The predicted molar refractivity (Wildman–Crippen MR) is 127 cm³/mol. The van der Waals surface area contributed by atoms with E-state index in [1.807, 2.05) is 0 Å². The highest BCUT2D eigenvalue weighted by Gasteiger charge is 2.47. The lowest BCUT2D eigenvalue weighted by molar-refractivity contribution is -0.143. The molecule has 14 heteroatoms. The number of rotatable bonds is 7. The molecule has 41 heavy (non-hydrogen) atoms. The Bertz CT molecular complexity index is 1250. The summed E-state index contributed by atoms with van der Waals surface area (Å²) in [7, 11) is 0. The Kier molecular flexibility index (Phi) is 8.25. The molecule has 0 unspecified atom stereocenters. The summed E-state index contributed by atoms with van der Waals surface area (Å²) < 4.78 is 127. The molecule has 0 spiro atoms. The van der Waals surface area contributed by atoms with E-state index >= 15 is 0 Å². The monoisotopic (exact) mass is 596 g/mol. The van der Waals surface area contributed by atoms with E-state index in [2.05, 4.69) is 0 Å². The maximum Gasteiger partial charge on any atom is 0.416 e. The number of hydrogen-bond acceptors (Lipinski definition) is 3. The van der Waals surface area contributed by atoms with Crippen LogP contribution < -0.4 is 4.90 Å². The molecule has 2 aromatic carbocycles. The molecule has 1 fully saturated rings. The molecule has 1 aliphatic carbocycles. The number of benzene rings is 2. The molecule has 1 saturated carbocycles. The Morgan fingerprint density at radius 2 is 1.51 bits per heavy atom. The summed E-state index contributed by atoms with van der Waals surface area (Å²) in [6.07, 6.45) is -13.9. The highest BCUT2D eigenvalue weighted by molar-refractivity contribution is 5.90. The SMILES string of the molecule is CCCOC(=O)N1c2ccc(C(F)(F)F)cc2[C@@H](N(C=O)Cc2cc(C(F)(F)F)cc(C(F)(F)F)c2)C[C@@H]1C1CC1. The van der Waals surface area contributed by atoms with Crippen molar-refractivity contribution in [3.05, 3.63) is 64.2 Å². The Morgan fingerprint density at radius 3 is 2.00 bits per heavy atom. The summed E-state index contributed by atoms with van der Waals surface area (Å²) in [4.78, 5) is 27.4. The lowest BCUT2D eigenvalue weighted by Gasteiger charge is -2.43. The number of halogens is 9. The van der Waals surface area contributed by atoms with Gasteiger partial charge in [-0.2, -0.15) is 39.5 Å². The summed E-state index contributed by atoms with van der Waals surface area (Å²) in [6, 6.07) is 1.65. The molecular formula is C27H25F9N2O3. The summed E-state index contributed by atoms with van der Waals surface area (Å²) in [6.45, 7) is 1.04. The van der Waals surface area contributed by atoms with Crippen molar-refractivity contribution >= 4 is 18.2 Å². The third-order valence-electron chi connectivity index (χ3n) is 7.11. The zero-order valence-corrected chi connectivity index (χ0v) is 21.5. The van der Waals surface area contributed by atoms with Gasteiger partial charge in [-0.3, -0.25) is 9.69 Å². The zero-order chi connectivity index (χ0) is 30.3. The Labute approximate surface area is 228 Å². The van der Waals surface area contributed by atoms with Crippen LogP contribution in [-0.2, 0) is 34.6 Å². The van der Waals surface area contributed by atoms with E-state index in [9.17, 15) is 49.1 Å². The number of alkyl halides is 9. The first kappa shape index (κ1) is 30.5. The number of ether oxygens (including phenoxy) is 1. The zero-order valence-electron chi connectivity index (χ0n) is 21.5. The first-order valence-electron chi connectivity index (χ1n) is 12.7. The second kappa shape index (κ2) is 11.1. The average molecular weight is 596 g/mol. The number of carbonyl (C=O) groups excluding carboxylic acids is 2. The van der Waals surface area contributed by atoms with Gasteiger partial charge in [-0.15, -0.1) is 0 Å². The van der Waals surface area contributed by atoms with Crippen LogP contribution in [0.1, 0.15) is 66.5 Å². The maximum absolute atomic E-state index is 13.7. The molecule has 1 heterocycles. The molecule has 1 aliphatic heterocycles. The summed E-state index contributed by atoms with van der Waals surface area (Å²) in [5.74, 6) is -0.0824. The van der Waals surface area contributed by atoms with Crippen LogP contribution in [0.15, 0.2) is 36.4 Å². The molecule has 0 saturated heterocycles. The Morgan fingerprint density at radius 1 is 0.927 bits per heavy atom. The van der Waals surface area contributed by atoms with Crippen molar-refractivity contribution in [3.8, 4) is 0 Å². The van der Waals surface area contributed by atoms with Crippen molar-refractivity contribution in [1.82, 2.24) is 4.90 Å². The molecule has 0 bridgehead atoms. The molecule has 4 rings (SSSR count). The Balaban J connectivity index is 1.81. The van der Waals surface area contributed by atoms with Crippen LogP contribution >= 0.6 is 0 Å². The summed E-state index contributed by atoms with van der Waals surface area (Å²) in [5, 5.41) is 0. The van der Waals surface area contributed by atoms with Gasteiger partial charge in [0.2, 0.25) is 6.41 Å². The lowest BCUT2D eigenvalue weighted by Crippen LogP contribution is -2.49. The van der Waals surface area contributed by atoms with E-state index in [1.165, 1.54) is 4.90 Å². The quantitative estimate of drug-likeness (QED) is 0.241. The number of hydrogen-bond donors (Lipinski definition) is 0. The number of anilines is 1. The molecule has 224 valence electrons. The number of amides is 2. The van der Waals surface area contributed by atoms with E-state index in [0.717, 1.165) is 23.1 Å². The van der Waals surface area contributed by atoms with Gasteiger partial charge in [0.05, 0.1) is 35.0 Å². The molecule has 2 amide bonds. The van der Waals surface area contributed by atoms with Gasteiger partial charge in [-0.05, 0) is 79.1 Å². The van der Waals surface area contributed by atoms with Crippen molar-refractivity contribution in [2.45, 2.75) is 69.8 Å². The second-order valence-corrected chi connectivity index (χ2v) is 10.1. The van der Waals surface area contributed by atoms with Crippen LogP contribution in [0, 0.1) is 5.92 Å². The first-order valence-corrected chi connectivity index (χ1v) is 12.7. The van der Waals surface area contributed by atoms with Crippen molar-refractivity contribution < 1.29 is 53.8 Å². The molecule has 2 aliphatic rings. The van der Waals surface area contributed by atoms with Crippen molar-refractivity contribution in [2.24, 2.45) is 5.92 Å². The van der Waals surface area contributed by atoms with E-state index in [4.69, 9.17) is 4.74 Å². The van der Waals surface area contributed by atoms with Crippen LogP contribution in [0.25, 0.3) is 0 Å². The molecule has 2 atom stereocenters. The summed E-state index contributed by atoms with van der Waals surface area (Å²) >= 11 is 0. The standard InChI is InChI=1S/C27H25F9N2O3/c1-2-7-41-24(40)38-21-6-5-17(25(28,29)30)11-20(21)23(12-22(38)16-3-4-16)37(14-39)13-15-8-18(26(31,32)33)10-19(9-15)27(34,35)36/h5-6,8-11,14,16,22-23H,2-4,7,12-13H2,1H3/t22-,23+/m1/s1. The van der Waals surface area contributed by atoms with Gasteiger partial charge in [0.15, 0.2) is 0 Å². The van der Waals surface area contributed by atoms with E-state index < -0.39 is 65.5 Å².